The van der Waals surface area contributed by atoms with Crippen molar-refractivity contribution in [2.45, 2.75) is 32.6 Å². The molecule has 2 unspecified atom stereocenters. The van der Waals surface area contributed by atoms with Crippen molar-refractivity contribution >= 4 is 5.91 Å². The molecule has 0 aromatic heterocycles. The van der Waals surface area contributed by atoms with Gasteiger partial charge < -0.3 is 10.2 Å². The molecular weight excluding hydrogens is 188 g/mol. The van der Waals surface area contributed by atoms with E-state index in [9.17, 15) is 4.79 Å². The van der Waals surface area contributed by atoms with Crippen molar-refractivity contribution in [2.75, 3.05) is 27.2 Å². The molecule has 3 nitrogen and oxygen atoms in total. The van der Waals surface area contributed by atoms with Crippen molar-refractivity contribution in [3.8, 4) is 0 Å². The average Bonchev–Trinajstić information content (AvgIpc) is 2.17. The van der Waals surface area contributed by atoms with Crippen molar-refractivity contribution < 1.29 is 4.79 Å². The Balaban J connectivity index is 2.11. The molecule has 1 N–H and O–H groups in total. The highest BCUT2D eigenvalue weighted by molar-refractivity contribution is 5.77. The van der Waals surface area contributed by atoms with Crippen molar-refractivity contribution in [1.29, 1.82) is 0 Å². The van der Waals surface area contributed by atoms with Gasteiger partial charge in [0, 0.05) is 14.1 Å². The van der Waals surface area contributed by atoms with E-state index < -0.39 is 0 Å². The standard InChI is InChI=1S/C12H24N2O/c1-10-5-4-6-11(7-10)8-13-9-12(15)14(2)3/h10-11,13H,4-9H2,1-3H3. The number of likely N-dealkylation sites (N-methyl/N-ethyl adjacent to an activating group) is 1. The Morgan fingerprint density at radius 3 is 2.73 bits per heavy atom. The van der Waals surface area contributed by atoms with E-state index in [2.05, 4.69) is 12.2 Å². The second-order valence-electron chi connectivity index (χ2n) is 5.06. The van der Waals surface area contributed by atoms with Gasteiger partial charge in [-0.3, -0.25) is 4.79 Å². The predicted octanol–water partition coefficient (Wildman–Crippen LogP) is 1.49. The van der Waals surface area contributed by atoms with Gasteiger partial charge in [0.05, 0.1) is 6.54 Å². The minimum absolute atomic E-state index is 0.166. The zero-order valence-corrected chi connectivity index (χ0v) is 10.3. The smallest absolute Gasteiger partial charge is 0.236 e. The Morgan fingerprint density at radius 2 is 2.13 bits per heavy atom. The molecule has 0 aromatic carbocycles. The molecule has 88 valence electrons. The van der Waals surface area contributed by atoms with E-state index in [0.29, 0.717) is 6.54 Å². The molecule has 3 heteroatoms. The molecular formula is C12H24N2O. The third kappa shape index (κ3) is 4.65. The van der Waals surface area contributed by atoms with Gasteiger partial charge in [0.1, 0.15) is 0 Å². The van der Waals surface area contributed by atoms with Crippen LogP contribution in [0.25, 0.3) is 0 Å². The molecule has 0 radical (unpaired) electrons. The molecule has 0 spiro atoms. The molecule has 0 aliphatic heterocycles. The first kappa shape index (κ1) is 12.5. The minimum atomic E-state index is 0.166. The van der Waals surface area contributed by atoms with Crippen molar-refractivity contribution in [2.24, 2.45) is 11.8 Å². The van der Waals surface area contributed by atoms with Crippen molar-refractivity contribution in [3.05, 3.63) is 0 Å². The van der Waals surface area contributed by atoms with Crippen LogP contribution in [0.3, 0.4) is 0 Å². The summed E-state index contributed by atoms with van der Waals surface area (Å²) in [6.45, 7) is 3.82. The highest BCUT2D eigenvalue weighted by atomic mass is 16.2. The van der Waals surface area contributed by atoms with E-state index in [1.165, 1.54) is 25.7 Å². The lowest BCUT2D eigenvalue weighted by Gasteiger charge is -2.26. The first-order valence-corrected chi connectivity index (χ1v) is 6.00. The summed E-state index contributed by atoms with van der Waals surface area (Å²) in [4.78, 5) is 12.9. The number of nitrogens with zero attached hydrogens (tertiary/aromatic N) is 1. The highest BCUT2D eigenvalue weighted by Crippen LogP contribution is 2.27. The molecule has 1 saturated carbocycles. The van der Waals surface area contributed by atoms with Gasteiger partial charge in [-0.2, -0.15) is 0 Å². The number of nitrogens with one attached hydrogen (secondary N) is 1. The monoisotopic (exact) mass is 212 g/mol. The first-order valence-electron chi connectivity index (χ1n) is 6.00. The quantitative estimate of drug-likeness (QED) is 0.766. The lowest BCUT2D eigenvalue weighted by molar-refractivity contribution is -0.127. The van der Waals surface area contributed by atoms with E-state index in [4.69, 9.17) is 0 Å². The molecule has 15 heavy (non-hydrogen) atoms. The van der Waals surface area contributed by atoms with Gasteiger partial charge in [0.25, 0.3) is 0 Å². The fourth-order valence-electron chi connectivity index (χ4n) is 2.29. The van der Waals surface area contributed by atoms with Crippen LogP contribution >= 0.6 is 0 Å². The summed E-state index contributed by atoms with van der Waals surface area (Å²) in [6.07, 6.45) is 5.39. The molecule has 1 rings (SSSR count). The maximum absolute atomic E-state index is 11.3. The number of hydrogen-bond donors (Lipinski definition) is 1. The second kappa shape index (κ2) is 6.11. The Labute approximate surface area is 93.2 Å². The van der Waals surface area contributed by atoms with E-state index in [1.54, 1.807) is 19.0 Å². The van der Waals surface area contributed by atoms with E-state index >= 15 is 0 Å². The summed E-state index contributed by atoms with van der Waals surface area (Å²) in [5, 5.41) is 3.27. The topological polar surface area (TPSA) is 32.3 Å². The molecule has 1 fully saturated rings. The summed E-state index contributed by atoms with van der Waals surface area (Å²) < 4.78 is 0. The SMILES string of the molecule is CC1CCCC(CNCC(=O)N(C)C)C1. The van der Waals surface area contributed by atoms with E-state index in [1.807, 2.05) is 0 Å². The van der Waals surface area contributed by atoms with Gasteiger partial charge in [0.15, 0.2) is 0 Å². The van der Waals surface area contributed by atoms with Gasteiger partial charge in [-0.05, 0) is 31.2 Å². The number of rotatable bonds is 4. The van der Waals surface area contributed by atoms with Crippen LogP contribution in [-0.2, 0) is 4.79 Å². The molecule has 0 saturated heterocycles. The summed E-state index contributed by atoms with van der Waals surface area (Å²) in [5.74, 6) is 1.82. The summed E-state index contributed by atoms with van der Waals surface area (Å²) in [7, 11) is 3.60. The first-order chi connectivity index (χ1) is 7.09. The third-order valence-electron chi connectivity index (χ3n) is 3.25. The van der Waals surface area contributed by atoms with E-state index in [-0.39, 0.29) is 5.91 Å². The molecule has 0 bridgehead atoms. The van der Waals surface area contributed by atoms with Crippen molar-refractivity contribution in [3.63, 3.8) is 0 Å². The van der Waals surface area contributed by atoms with Crippen LogP contribution in [0.15, 0.2) is 0 Å². The zero-order chi connectivity index (χ0) is 11.3. The number of amides is 1. The Bertz CT molecular complexity index is 204. The Kier molecular flexibility index (Phi) is 5.09. The van der Waals surface area contributed by atoms with Gasteiger partial charge >= 0.3 is 0 Å². The zero-order valence-electron chi connectivity index (χ0n) is 10.3. The largest absolute Gasteiger partial charge is 0.348 e. The maximum Gasteiger partial charge on any atom is 0.236 e. The summed E-state index contributed by atoms with van der Waals surface area (Å²) >= 11 is 0. The van der Waals surface area contributed by atoms with Crippen molar-refractivity contribution in [1.82, 2.24) is 10.2 Å². The number of carbonyl (C=O) groups excluding carboxylic acids is 1. The van der Waals surface area contributed by atoms with Crippen LogP contribution in [-0.4, -0.2) is 38.0 Å². The van der Waals surface area contributed by atoms with Gasteiger partial charge in [0.2, 0.25) is 5.91 Å². The van der Waals surface area contributed by atoms with Gasteiger partial charge in [-0.15, -0.1) is 0 Å². The molecule has 1 aliphatic carbocycles. The fourth-order valence-corrected chi connectivity index (χ4v) is 2.29. The van der Waals surface area contributed by atoms with Crippen LogP contribution in [0.1, 0.15) is 32.6 Å². The Hall–Kier alpha value is -0.570. The average molecular weight is 212 g/mol. The molecule has 1 aliphatic rings. The van der Waals surface area contributed by atoms with Crippen LogP contribution < -0.4 is 5.32 Å². The van der Waals surface area contributed by atoms with Gasteiger partial charge in [-0.25, -0.2) is 0 Å². The predicted molar refractivity (Wildman–Crippen MR) is 62.7 cm³/mol. The number of hydrogen-bond acceptors (Lipinski definition) is 2. The lowest BCUT2D eigenvalue weighted by Crippen LogP contribution is -2.36. The normalized spacial score (nSPS) is 26.3. The molecule has 0 heterocycles. The summed E-state index contributed by atoms with van der Waals surface area (Å²) in [6, 6.07) is 0. The second-order valence-corrected chi connectivity index (χ2v) is 5.06. The molecule has 1 amide bonds. The van der Waals surface area contributed by atoms with Crippen LogP contribution in [0.2, 0.25) is 0 Å². The van der Waals surface area contributed by atoms with Crippen LogP contribution in [0.5, 0.6) is 0 Å². The van der Waals surface area contributed by atoms with E-state index in [0.717, 1.165) is 18.4 Å². The maximum atomic E-state index is 11.3. The van der Waals surface area contributed by atoms with Gasteiger partial charge in [-0.1, -0.05) is 19.8 Å². The molecule has 0 aromatic rings. The van der Waals surface area contributed by atoms with Crippen LogP contribution in [0.4, 0.5) is 0 Å². The molecule has 2 atom stereocenters. The minimum Gasteiger partial charge on any atom is -0.348 e. The highest BCUT2D eigenvalue weighted by Gasteiger charge is 2.18. The Morgan fingerprint density at radius 1 is 1.40 bits per heavy atom. The fraction of sp³-hybridized carbons (Fsp3) is 0.917. The lowest BCUT2D eigenvalue weighted by atomic mass is 9.82. The number of carbonyl (C=O) groups is 1. The summed E-state index contributed by atoms with van der Waals surface area (Å²) in [5.41, 5.74) is 0. The van der Waals surface area contributed by atoms with Crippen LogP contribution in [0, 0.1) is 11.8 Å². The third-order valence-corrected chi connectivity index (χ3v) is 3.25.